The monoisotopic (exact) mass is 382 g/mol. The van der Waals surface area contributed by atoms with Gasteiger partial charge in [0.1, 0.15) is 6.61 Å². The van der Waals surface area contributed by atoms with E-state index in [1.165, 1.54) is 24.1 Å². The normalized spacial score (nSPS) is 8.68. The first kappa shape index (κ1) is 24.7. The van der Waals surface area contributed by atoms with Gasteiger partial charge >= 0.3 is 5.97 Å². The Labute approximate surface area is 168 Å². The standard InChI is InChI=1S/C11H14O2.C8H8.C5H8O2/c1-4-5-9-6-7-10(12-2)11(8-9)13-3;1-2-8-6-4-3-5-7-8;1-3-4-7-5(2)6/h4,6-8H,1,5H2,2-3H3;2-7H,1H2;3H,1,4H2,2H3. The fraction of sp³-hybridized carbons (Fsp3) is 0.208. The Hall–Kier alpha value is -3.27. The quantitative estimate of drug-likeness (QED) is 0.469. The lowest BCUT2D eigenvalue weighted by atomic mass is 10.1. The van der Waals surface area contributed by atoms with Crippen LogP contribution >= 0.6 is 0 Å². The molecule has 0 saturated carbocycles. The smallest absolute Gasteiger partial charge is 0.302 e. The van der Waals surface area contributed by atoms with E-state index in [1.54, 1.807) is 14.2 Å². The molecule has 0 atom stereocenters. The van der Waals surface area contributed by atoms with Crippen molar-refractivity contribution in [3.8, 4) is 11.5 Å². The van der Waals surface area contributed by atoms with Gasteiger partial charge in [0, 0.05) is 6.92 Å². The molecule has 0 bridgehead atoms. The maximum Gasteiger partial charge on any atom is 0.302 e. The van der Waals surface area contributed by atoms with Gasteiger partial charge in [-0.15, -0.1) is 6.58 Å². The predicted molar refractivity (Wildman–Crippen MR) is 117 cm³/mol. The van der Waals surface area contributed by atoms with Gasteiger partial charge in [0.25, 0.3) is 0 Å². The maximum atomic E-state index is 9.93. The molecule has 2 aromatic carbocycles. The van der Waals surface area contributed by atoms with Crippen molar-refractivity contribution in [3.05, 3.63) is 91.5 Å². The maximum absolute atomic E-state index is 9.93. The summed E-state index contributed by atoms with van der Waals surface area (Å²) in [6.07, 6.45) is 6.07. The van der Waals surface area contributed by atoms with E-state index in [0.717, 1.165) is 17.9 Å². The molecular weight excluding hydrogens is 352 g/mol. The number of benzene rings is 2. The van der Waals surface area contributed by atoms with Crippen LogP contribution < -0.4 is 9.47 Å². The van der Waals surface area contributed by atoms with Gasteiger partial charge in [-0.2, -0.15) is 0 Å². The second-order valence-corrected chi connectivity index (χ2v) is 5.39. The molecule has 4 heteroatoms. The van der Waals surface area contributed by atoms with Crippen LogP contribution in [0.5, 0.6) is 11.5 Å². The van der Waals surface area contributed by atoms with E-state index in [2.05, 4.69) is 24.5 Å². The first-order chi connectivity index (χ1) is 13.5. The fourth-order valence-electron chi connectivity index (χ4n) is 1.94. The number of hydrogen-bond acceptors (Lipinski definition) is 4. The topological polar surface area (TPSA) is 44.8 Å². The van der Waals surface area contributed by atoms with E-state index in [1.807, 2.05) is 60.7 Å². The van der Waals surface area contributed by atoms with E-state index >= 15 is 0 Å². The van der Waals surface area contributed by atoms with Crippen molar-refractivity contribution >= 4 is 12.0 Å². The second-order valence-electron chi connectivity index (χ2n) is 5.39. The molecule has 2 rings (SSSR count). The molecule has 0 N–H and O–H groups in total. The minimum Gasteiger partial charge on any atom is -0.493 e. The molecular formula is C24H30O4. The van der Waals surface area contributed by atoms with Crippen LogP contribution in [0.25, 0.3) is 6.08 Å². The predicted octanol–water partition coefficient (Wildman–Crippen LogP) is 5.50. The van der Waals surface area contributed by atoms with Gasteiger partial charge in [-0.05, 0) is 29.7 Å². The number of allylic oxidation sites excluding steroid dienone is 1. The Morgan fingerprint density at radius 1 is 0.929 bits per heavy atom. The van der Waals surface area contributed by atoms with Gasteiger partial charge in [-0.3, -0.25) is 4.79 Å². The van der Waals surface area contributed by atoms with Crippen LogP contribution in [0.3, 0.4) is 0 Å². The Bertz CT molecular complexity index is 721. The van der Waals surface area contributed by atoms with Crippen LogP contribution in [0.4, 0.5) is 0 Å². The summed E-state index contributed by atoms with van der Waals surface area (Å²) in [6.45, 7) is 12.3. The molecule has 4 nitrogen and oxygen atoms in total. The minimum absolute atomic E-state index is 0.264. The lowest BCUT2D eigenvalue weighted by Gasteiger charge is -2.08. The fourth-order valence-corrected chi connectivity index (χ4v) is 1.94. The molecule has 0 unspecified atom stereocenters. The Morgan fingerprint density at radius 3 is 1.96 bits per heavy atom. The molecule has 0 aliphatic heterocycles. The van der Waals surface area contributed by atoms with Crippen molar-refractivity contribution in [2.75, 3.05) is 20.8 Å². The summed E-state index contributed by atoms with van der Waals surface area (Å²) in [5, 5.41) is 0. The molecule has 28 heavy (non-hydrogen) atoms. The third-order valence-corrected chi connectivity index (χ3v) is 3.27. The average molecular weight is 383 g/mol. The third-order valence-electron chi connectivity index (χ3n) is 3.27. The van der Waals surface area contributed by atoms with E-state index in [-0.39, 0.29) is 5.97 Å². The molecule has 0 fully saturated rings. The van der Waals surface area contributed by atoms with E-state index in [4.69, 9.17) is 9.47 Å². The zero-order valence-electron chi connectivity index (χ0n) is 17.0. The zero-order valence-corrected chi connectivity index (χ0v) is 17.0. The summed E-state index contributed by atoms with van der Waals surface area (Å²) in [7, 11) is 3.26. The molecule has 0 aliphatic carbocycles. The minimum atomic E-state index is -0.264. The lowest BCUT2D eigenvalue weighted by Crippen LogP contribution is -1.96. The number of hydrogen-bond donors (Lipinski definition) is 0. The number of methoxy groups -OCH3 is 2. The number of esters is 1. The third kappa shape index (κ3) is 11.4. The highest BCUT2D eigenvalue weighted by atomic mass is 16.5. The van der Waals surface area contributed by atoms with Gasteiger partial charge in [0.05, 0.1) is 14.2 Å². The Balaban J connectivity index is 0.000000419. The van der Waals surface area contributed by atoms with Gasteiger partial charge < -0.3 is 14.2 Å². The lowest BCUT2D eigenvalue weighted by molar-refractivity contribution is -0.139. The van der Waals surface area contributed by atoms with E-state index < -0.39 is 0 Å². The summed E-state index contributed by atoms with van der Waals surface area (Å²) < 4.78 is 14.7. The van der Waals surface area contributed by atoms with Crippen molar-refractivity contribution in [3.63, 3.8) is 0 Å². The first-order valence-corrected chi connectivity index (χ1v) is 8.75. The Kier molecular flexibility index (Phi) is 14.1. The van der Waals surface area contributed by atoms with Crippen molar-refractivity contribution in [2.24, 2.45) is 0 Å². The Morgan fingerprint density at radius 2 is 1.57 bits per heavy atom. The zero-order chi connectivity index (χ0) is 21.2. The number of ether oxygens (including phenoxy) is 3. The SMILES string of the molecule is C=CCOC(C)=O.C=CCc1ccc(OC)c(OC)c1.C=Cc1ccccc1. The number of rotatable bonds is 7. The van der Waals surface area contributed by atoms with Gasteiger partial charge in [-0.25, -0.2) is 0 Å². The number of carbonyl (C=O) groups is 1. The van der Waals surface area contributed by atoms with Crippen LogP contribution in [-0.2, 0) is 16.0 Å². The van der Waals surface area contributed by atoms with Gasteiger partial charge in [-0.1, -0.05) is 67.8 Å². The molecule has 0 amide bonds. The highest BCUT2D eigenvalue weighted by Gasteiger charge is 2.02. The van der Waals surface area contributed by atoms with Crippen LogP contribution in [-0.4, -0.2) is 26.8 Å². The number of carbonyl (C=O) groups excluding carboxylic acids is 1. The molecule has 0 radical (unpaired) electrons. The van der Waals surface area contributed by atoms with Gasteiger partial charge in [0.15, 0.2) is 11.5 Å². The van der Waals surface area contributed by atoms with Crippen molar-refractivity contribution in [2.45, 2.75) is 13.3 Å². The first-order valence-electron chi connectivity index (χ1n) is 8.75. The van der Waals surface area contributed by atoms with Crippen LogP contribution in [0.1, 0.15) is 18.1 Å². The highest BCUT2D eigenvalue weighted by Crippen LogP contribution is 2.27. The van der Waals surface area contributed by atoms with Crippen molar-refractivity contribution in [1.82, 2.24) is 0 Å². The summed E-state index contributed by atoms with van der Waals surface area (Å²) >= 11 is 0. The van der Waals surface area contributed by atoms with Crippen LogP contribution in [0.2, 0.25) is 0 Å². The average Bonchev–Trinajstić information content (AvgIpc) is 2.73. The summed E-state index contributed by atoms with van der Waals surface area (Å²) in [6, 6.07) is 15.9. The molecule has 150 valence electrons. The molecule has 2 aromatic rings. The van der Waals surface area contributed by atoms with Gasteiger partial charge in [0.2, 0.25) is 0 Å². The summed E-state index contributed by atoms with van der Waals surface area (Å²) in [4.78, 5) is 9.93. The van der Waals surface area contributed by atoms with Crippen molar-refractivity contribution < 1.29 is 19.0 Å². The molecule has 0 saturated heterocycles. The summed E-state index contributed by atoms with van der Waals surface area (Å²) in [5.41, 5.74) is 2.35. The van der Waals surface area contributed by atoms with E-state index in [9.17, 15) is 4.79 Å². The molecule has 0 heterocycles. The highest BCUT2D eigenvalue weighted by molar-refractivity contribution is 5.65. The second kappa shape index (κ2) is 15.9. The van der Waals surface area contributed by atoms with Crippen LogP contribution in [0.15, 0.2) is 80.4 Å². The van der Waals surface area contributed by atoms with Crippen molar-refractivity contribution in [1.29, 1.82) is 0 Å². The van der Waals surface area contributed by atoms with E-state index in [0.29, 0.717) is 6.61 Å². The molecule has 0 aromatic heterocycles. The molecule has 0 spiro atoms. The van der Waals surface area contributed by atoms with Crippen LogP contribution in [0, 0.1) is 0 Å². The molecule has 0 aliphatic rings. The largest absolute Gasteiger partial charge is 0.493 e. The summed E-state index contributed by atoms with van der Waals surface area (Å²) in [5.74, 6) is 1.26.